The Labute approximate surface area is 112 Å². The second-order valence-electron chi connectivity index (χ2n) is 6.29. The van der Waals surface area contributed by atoms with E-state index in [9.17, 15) is 19.8 Å². The second-order valence-corrected chi connectivity index (χ2v) is 6.29. The van der Waals surface area contributed by atoms with Gasteiger partial charge in [-0.1, -0.05) is 25.3 Å². The van der Waals surface area contributed by atoms with Gasteiger partial charge < -0.3 is 15.9 Å². The fourth-order valence-electron chi connectivity index (χ4n) is 3.20. The van der Waals surface area contributed by atoms with Crippen molar-refractivity contribution >= 4 is 11.9 Å². The SMILES string of the molecule is CC1(C(=O)O)CC=C(N)C(CC2CCC2)(C(=O)O)C1. The Hall–Kier alpha value is -1.52. The van der Waals surface area contributed by atoms with Crippen molar-refractivity contribution < 1.29 is 19.8 Å². The van der Waals surface area contributed by atoms with Crippen molar-refractivity contribution in [1.29, 1.82) is 0 Å². The third-order valence-electron chi connectivity index (χ3n) is 4.80. The number of carboxylic acid groups (broad SMARTS) is 2. The summed E-state index contributed by atoms with van der Waals surface area (Å²) in [7, 11) is 0. The number of allylic oxidation sites excluding steroid dienone is 1. The summed E-state index contributed by atoms with van der Waals surface area (Å²) in [6.45, 7) is 1.61. The van der Waals surface area contributed by atoms with Crippen LogP contribution in [-0.4, -0.2) is 22.2 Å². The van der Waals surface area contributed by atoms with Crippen molar-refractivity contribution in [2.45, 2.75) is 45.4 Å². The van der Waals surface area contributed by atoms with Crippen LogP contribution in [0.5, 0.6) is 0 Å². The number of carboxylic acids is 2. The lowest BCUT2D eigenvalue weighted by Gasteiger charge is -2.43. The molecule has 5 nitrogen and oxygen atoms in total. The van der Waals surface area contributed by atoms with Gasteiger partial charge in [-0.2, -0.15) is 0 Å². The van der Waals surface area contributed by atoms with Gasteiger partial charge in [0.05, 0.1) is 5.41 Å². The summed E-state index contributed by atoms with van der Waals surface area (Å²) >= 11 is 0. The molecular weight excluding hydrogens is 246 g/mol. The molecule has 2 aliphatic rings. The number of aliphatic carboxylic acids is 2. The van der Waals surface area contributed by atoms with Crippen LogP contribution in [-0.2, 0) is 9.59 Å². The molecule has 0 aromatic rings. The quantitative estimate of drug-likeness (QED) is 0.723. The summed E-state index contributed by atoms with van der Waals surface area (Å²) in [6, 6.07) is 0. The Morgan fingerprint density at radius 2 is 2.00 bits per heavy atom. The molecule has 4 N–H and O–H groups in total. The van der Waals surface area contributed by atoms with Gasteiger partial charge in [-0.05, 0) is 32.1 Å². The van der Waals surface area contributed by atoms with E-state index in [0.29, 0.717) is 24.5 Å². The summed E-state index contributed by atoms with van der Waals surface area (Å²) in [5.41, 5.74) is 4.05. The number of nitrogens with two attached hydrogens (primary N) is 1. The number of rotatable bonds is 4. The van der Waals surface area contributed by atoms with Crippen molar-refractivity contribution in [3.63, 3.8) is 0 Å². The fraction of sp³-hybridized carbons (Fsp3) is 0.714. The smallest absolute Gasteiger partial charge is 0.315 e. The third-order valence-corrected chi connectivity index (χ3v) is 4.80. The van der Waals surface area contributed by atoms with E-state index in [1.807, 2.05) is 0 Å². The lowest BCUT2D eigenvalue weighted by Crippen LogP contribution is -2.48. The summed E-state index contributed by atoms with van der Waals surface area (Å²) < 4.78 is 0. The highest BCUT2D eigenvalue weighted by Gasteiger charge is 2.53. The molecule has 106 valence electrons. The first-order chi connectivity index (χ1) is 8.80. The standard InChI is InChI=1S/C14H21NO4/c1-13(11(16)17)6-5-10(15)14(8-13,12(18)19)7-9-3-2-4-9/h5,9H,2-4,6-8,15H2,1H3,(H,16,17)(H,18,19). The Balaban J connectivity index is 2.34. The predicted octanol–water partition coefficient (Wildman–Crippen LogP) is 1.97. The van der Waals surface area contributed by atoms with Gasteiger partial charge in [0.15, 0.2) is 0 Å². The van der Waals surface area contributed by atoms with Crippen LogP contribution in [0.3, 0.4) is 0 Å². The molecule has 0 heterocycles. The van der Waals surface area contributed by atoms with Gasteiger partial charge in [0, 0.05) is 5.70 Å². The number of hydrogen-bond donors (Lipinski definition) is 3. The van der Waals surface area contributed by atoms with Gasteiger partial charge in [-0.25, -0.2) is 0 Å². The van der Waals surface area contributed by atoms with E-state index in [1.165, 1.54) is 0 Å². The van der Waals surface area contributed by atoms with E-state index < -0.39 is 22.8 Å². The molecule has 0 amide bonds. The van der Waals surface area contributed by atoms with Gasteiger partial charge in [0.25, 0.3) is 0 Å². The first-order valence-corrected chi connectivity index (χ1v) is 6.73. The van der Waals surface area contributed by atoms with E-state index in [-0.39, 0.29) is 6.42 Å². The zero-order valence-electron chi connectivity index (χ0n) is 11.2. The Morgan fingerprint density at radius 3 is 2.42 bits per heavy atom. The van der Waals surface area contributed by atoms with E-state index >= 15 is 0 Å². The molecule has 0 radical (unpaired) electrons. The molecule has 2 unspecified atom stereocenters. The highest BCUT2D eigenvalue weighted by molar-refractivity contribution is 5.82. The molecule has 0 aromatic heterocycles. The van der Waals surface area contributed by atoms with Crippen molar-refractivity contribution in [3.8, 4) is 0 Å². The summed E-state index contributed by atoms with van der Waals surface area (Å²) in [4.78, 5) is 23.2. The molecule has 5 heteroatoms. The predicted molar refractivity (Wildman–Crippen MR) is 69.3 cm³/mol. The maximum Gasteiger partial charge on any atom is 0.315 e. The number of carbonyl (C=O) groups is 2. The largest absolute Gasteiger partial charge is 0.481 e. The molecule has 0 bridgehead atoms. The monoisotopic (exact) mass is 267 g/mol. The zero-order chi connectivity index (χ0) is 14.3. The van der Waals surface area contributed by atoms with Crippen LogP contribution < -0.4 is 5.73 Å². The Kier molecular flexibility index (Phi) is 3.32. The minimum Gasteiger partial charge on any atom is -0.481 e. The molecule has 2 rings (SSSR count). The van der Waals surface area contributed by atoms with Crippen LogP contribution in [0.2, 0.25) is 0 Å². The lowest BCUT2D eigenvalue weighted by molar-refractivity contribution is -0.157. The van der Waals surface area contributed by atoms with Crippen LogP contribution in [0.4, 0.5) is 0 Å². The zero-order valence-corrected chi connectivity index (χ0v) is 11.2. The fourth-order valence-corrected chi connectivity index (χ4v) is 3.20. The van der Waals surface area contributed by atoms with Crippen LogP contribution in [0, 0.1) is 16.7 Å². The minimum atomic E-state index is -1.20. The lowest BCUT2D eigenvalue weighted by atomic mass is 9.60. The highest BCUT2D eigenvalue weighted by Crippen LogP contribution is 2.51. The summed E-state index contributed by atoms with van der Waals surface area (Å²) in [5, 5.41) is 19.0. The van der Waals surface area contributed by atoms with E-state index in [4.69, 9.17) is 5.73 Å². The van der Waals surface area contributed by atoms with Crippen LogP contribution in [0.1, 0.15) is 45.4 Å². The maximum absolute atomic E-state index is 11.8. The van der Waals surface area contributed by atoms with Crippen LogP contribution >= 0.6 is 0 Å². The second kappa shape index (κ2) is 4.54. The van der Waals surface area contributed by atoms with Crippen molar-refractivity contribution in [1.82, 2.24) is 0 Å². The van der Waals surface area contributed by atoms with Gasteiger partial charge in [0.1, 0.15) is 5.41 Å². The molecule has 0 saturated heterocycles. The van der Waals surface area contributed by atoms with Crippen molar-refractivity contribution in [3.05, 3.63) is 11.8 Å². The first-order valence-electron chi connectivity index (χ1n) is 6.73. The molecule has 1 saturated carbocycles. The number of hydrogen-bond acceptors (Lipinski definition) is 3. The van der Waals surface area contributed by atoms with E-state index in [2.05, 4.69) is 0 Å². The van der Waals surface area contributed by atoms with E-state index in [0.717, 1.165) is 19.3 Å². The highest BCUT2D eigenvalue weighted by atomic mass is 16.4. The minimum absolute atomic E-state index is 0.0868. The summed E-state index contributed by atoms with van der Waals surface area (Å²) in [5.74, 6) is -1.57. The summed E-state index contributed by atoms with van der Waals surface area (Å²) in [6.07, 6.45) is 5.62. The van der Waals surface area contributed by atoms with E-state index in [1.54, 1.807) is 13.0 Å². The third kappa shape index (κ3) is 2.22. The van der Waals surface area contributed by atoms with Crippen molar-refractivity contribution in [2.24, 2.45) is 22.5 Å². The molecule has 0 spiro atoms. The van der Waals surface area contributed by atoms with Crippen LogP contribution in [0.25, 0.3) is 0 Å². The van der Waals surface area contributed by atoms with Crippen LogP contribution in [0.15, 0.2) is 11.8 Å². The van der Waals surface area contributed by atoms with Gasteiger partial charge in [-0.15, -0.1) is 0 Å². The molecule has 2 aliphatic carbocycles. The molecule has 0 aromatic carbocycles. The average Bonchev–Trinajstić information content (AvgIpc) is 2.27. The van der Waals surface area contributed by atoms with Crippen molar-refractivity contribution in [2.75, 3.05) is 0 Å². The average molecular weight is 267 g/mol. The molecule has 2 atom stereocenters. The molecule has 19 heavy (non-hydrogen) atoms. The van der Waals surface area contributed by atoms with Gasteiger partial charge in [-0.3, -0.25) is 9.59 Å². The maximum atomic E-state index is 11.8. The molecule has 0 aliphatic heterocycles. The molecular formula is C14H21NO4. The first kappa shape index (κ1) is 13.9. The normalized spacial score (nSPS) is 35.3. The topological polar surface area (TPSA) is 101 Å². The van der Waals surface area contributed by atoms with Gasteiger partial charge in [0.2, 0.25) is 0 Å². The molecule has 1 fully saturated rings. The Bertz CT molecular complexity index is 441. The Morgan fingerprint density at radius 1 is 1.37 bits per heavy atom. The van der Waals surface area contributed by atoms with Gasteiger partial charge >= 0.3 is 11.9 Å².